The van der Waals surface area contributed by atoms with Crippen LogP contribution in [0.2, 0.25) is 0 Å². The molecule has 4 fully saturated rings. The fourth-order valence-electron chi connectivity index (χ4n) is 7.50. The van der Waals surface area contributed by atoms with Gasteiger partial charge < -0.3 is 15.3 Å². The van der Waals surface area contributed by atoms with Gasteiger partial charge in [-0.2, -0.15) is 0 Å². The van der Waals surface area contributed by atoms with Crippen LogP contribution in [0.3, 0.4) is 0 Å². The van der Waals surface area contributed by atoms with Gasteiger partial charge >= 0.3 is 0 Å². The number of aliphatic hydroxyl groups excluding tert-OH is 2. The zero-order chi connectivity index (χ0) is 16.6. The average molecular weight is 322 g/mol. The molecule has 4 saturated carbocycles. The van der Waals surface area contributed by atoms with Gasteiger partial charge in [0.2, 0.25) is 0 Å². The molecule has 3 nitrogen and oxygen atoms in total. The standard InChI is InChI=1S/C20H34O3/c1-12-17(22)11-20(23)16-5-4-13-10-14(21)6-8-18(13,2)15(16)7-9-19(12,20)3/h12-17,21-23H,4-11H2,1-3H3/t12?,13?,14-,15?,16?,17?,18?,19?,20-/m0/s1. The molecule has 0 bridgehead atoms. The summed E-state index contributed by atoms with van der Waals surface area (Å²) in [4.78, 5) is 0. The maximum Gasteiger partial charge on any atom is 0.0760 e. The molecule has 0 heterocycles. The van der Waals surface area contributed by atoms with Crippen LogP contribution in [0.1, 0.15) is 72.1 Å². The number of hydrogen-bond acceptors (Lipinski definition) is 3. The van der Waals surface area contributed by atoms with Crippen molar-refractivity contribution in [2.24, 2.45) is 34.5 Å². The van der Waals surface area contributed by atoms with E-state index in [2.05, 4.69) is 20.8 Å². The van der Waals surface area contributed by atoms with Crippen LogP contribution in [0.4, 0.5) is 0 Å². The Bertz CT molecular complexity index is 493. The second-order valence-corrected chi connectivity index (χ2v) is 9.86. The Morgan fingerprint density at radius 3 is 2.39 bits per heavy atom. The van der Waals surface area contributed by atoms with Crippen molar-refractivity contribution in [1.29, 1.82) is 0 Å². The molecule has 132 valence electrons. The highest BCUT2D eigenvalue weighted by atomic mass is 16.3. The quantitative estimate of drug-likeness (QED) is 0.642. The van der Waals surface area contributed by atoms with Crippen molar-refractivity contribution in [3.63, 3.8) is 0 Å². The lowest BCUT2D eigenvalue weighted by Crippen LogP contribution is -2.62. The highest BCUT2D eigenvalue weighted by Gasteiger charge is 2.68. The lowest BCUT2D eigenvalue weighted by Gasteiger charge is -2.63. The molecule has 3 heteroatoms. The van der Waals surface area contributed by atoms with Gasteiger partial charge in [0.05, 0.1) is 17.8 Å². The predicted molar refractivity (Wildman–Crippen MR) is 89.7 cm³/mol. The van der Waals surface area contributed by atoms with Gasteiger partial charge in [0, 0.05) is 11.8 Å². The molecule has 7 unspecified atom stereocenters. The first kappa shape index (κ1) is 16.4. The van der Waals surface area contributed by atoms with Crippen molar-refractivity contribution < 1.29 is 15.3 Å². The van der Waals surface area contributed by atoms with Gasteiger partial charge in [-0.15, -0.1) is 0 Å². The molecule has 0 aromatic rings. The molecule has 0 aromatic carbocycles. The Balaban J connectivity index is 1.69. The number of rotatable bonds is 0. The fraction of sp³-hybridized carbons (Fsp3) is 1.00. The summed E-state index contributed by atoms with van der Waals surface area (Å²) in [7, 11) is 0. The third-order valence-corrected chi connectivity index (χ3v) is 9.34. The van der Waals surface area contributed by atoms with Gasteiger partial charge in [-0.3, -0.25) is 0 Å². The minimum absolute atomic E-state index is 0.116. The Labute approximate surface area is 140 Å². The minimum atomic E-state index is -0.696. The highest BCUT2D eigenvalue weighted by Crippen LogP contribution is 2.68. The monoisotopic (exact) mass is 322 g/mol. The fourth-order valence-corrected chi connectivity index (χ4v) is 7.50. The van der Waals surface area contributed by atoms with Crippen molar-refractivity contribution in [3.8, 4) is 0 Å². The molecule has 0 spiro atoms. The zero-order valence-electron chi connectivity index (χ0n) is 15.0. The molecule has 0 aliphatic heterocycles. The first-order chi connectivity index (χ1) is 10.7. The second kappa shape index (κ2) is 4.95. The van der Waals surface area contributed by atoms with Crippen LogP contribution in [-0.4, -0.2) is 33.1 Å². The normalized spacial score (nSPS) is 62.3. The molecular weight excluding hydrogens is 288 g/mol. The third kappa shape index (κ3) is 1.93. The first-order valence-electron chi connectivity index (χ1n) is 9.81. The van der Waals surface area contributed by atoms with E-state index in [4.69, 9.17) is 0 Å². The summed E-state index contributed by atoms with van der Waals surface area (Å²) in [5.41, 5.74) is -0.556. The second-order valence-electron chi connectivity index (χ2n) is 9.86. The molecule has 4 aliphatic carbocycles. The molecule has 4 aliphatic rings. The molecule has 0 amide bonds. The summed E-state index contributed by atoms with van der Waals surface area (Å²) in [6.07, 6.45) is 7.50. The van der Waals surface area contributed by atoms with E-state index in [-0.39, 0.29) is 29.0 Å². The van der Waals surface area contributed by atoms with Gasteiger partial charge in [-0.05, 0) is 74.0 Å². The molecule has 3 N–H and O–H groups in total. The summed E-state index contributed by atoms with van der Waals surface area (Å²) in [5, 5.41) is 32.3. The van der Waals surface area contributed by atoms with Crippen molar-refractivity contribution in [3.05, 3.63) is 0 Å². The lowest BCUT2D eigenvalue weighted by atomic mass is 9.43. The van der Waals surface area contributed by atoms with E-state index in [9.17, 15) is 15.3 Å². The number of fused-ring (bicyclic) bond motifs is 5. The average Bonchev–Trinajstić information content (AvgIpc) is 2.68. The van der Waals surface area contributed by atoms with Crippen LogP contribution in [0.25, 0.3) is 0 Å². The first-order valence-corrected chi connectivity index (χ1v) is 9.81. The van der Waals surface area contributed by atoms with Crippen LogP contribution >= 0.6 is 0 Å². The van der Waals surface area contributed by atoms with E-state index in [1.165, 1.54) is 6.42 Å². The number of hydrogen-bond donors (Lipinski definition) is 3. The molecule has 23 heavy (non-hydrogen) atoms. The van der Waals surface area contributed by atoms with Gasteiger partial charge in [0.15, 0.2) is 0 Å². The molecule has 0 saturated heterocycles. The zero-order valence-corrected chi connectivity index (χ0v) is 15.0. The van der Waals surface area contributed by atoms with Crippen LogP contribution < -0.4 is 0 Å². The molecule has 9 atom stereocenters. The Hall–Kier alpha value is -0.120. The lowest BCUT2D eigenvalue weighted by molar-refractivity contribution is -0.209. The SMILES string of the molecule is CC1C(O)C[C@]2(O)C3CCC4C[C@@H](O)CCC4(C)C3CCC12C. The van der Waals surface area contributed by atoms with Crippen molar-refractivity contribution in [2.75, 3.05) is 0 Å². The van der Waals surface area contributed by atoms with Gasteiger partial charge in [-0.1, -0.05) is 20.8 Å². The number of aliphatic hydroxyl groups is 3. The summed E-state index contributed by atoms with van der Waals surface area (Å²) >= 11 is 0. The van der Waals surface area contributed by atoms with Crippen LogP contribution in [0.5, 0.6) is 0 Å². The maximum atomic E-state index is 11.8. The van der Waals surface area contributed by atoms with Gasteiger partial charge in [-0.25, -0.2) is 0 Å². The van der Waals surface area contributed by atoms with E-state index in [0.29, 0.717) is 24.2 Å². The third-order valence-electron chi connectivity index (χ3n) is 9.34. The van der Waals surface area contributed by atoms with Crippen molar-refractivity contribution >= 4 is 0 Å². The summed E-state index contributed by atoms with van der Waals surface area (Å²) in [6, 6.07) is 0. The van der Waals surface area contributed by atoms with Crippen LogP contribution in [0, 0.1) is 34.5 Å². The van der Waals surface area contributed by atoms with E-state index < -0.39 is 5.60 Å². The Morgan fingerprint density at radius 2 is 1.65 bits per heavy atom. The highest BCUT2D eigenvalue weighted by molar-refractivity contribution is 5.18. The van der Waals surface area contributed by atoms with Gasteiger partial charge in [0.25, 0.3) is 0 Å². The summed E-state index contributed by atoms with van der Waals surface area (Å²) in [5.74, 6) is 1.69. The molecule has 0 radical (unpaired) electrons. The smallest absolute Gasteiger partial charge is 0.0760 e. The van der Waals surface area contributed by atoms with E-state index in [1.807, 2.05) is 0 Å². The van der Waals surface area contributed by atoms with Crippen molar-refractivity contribution in [2.45, 2.75) is 89.9 Å². The largest absolute Gasteiger partial charge is 0.393 e. The maximum absolute atomic E-state index is 11.8. The Kier molecular flexibility index (Phi) is 3.52. The predicted octanol–water partition coefficient (Wildman–Crippen LogP) is 3.11. The van der Waals surface area contributed by atoms with E-state index in [0.717, 1.165) is 38.5 Å². The van der Waals surface area contributed by atoms with E-state index >= 15 is 0 Å². The van der Waals surface area contributed by atoms with E-state index in [1.54, 1.807) is 0 Å². The molecular formula is C20H34O3. The van der Waals surface area contributed by atoms with Crippen molar-refractivity contribution in [1.82, 2.24) is 0 Å². The minimum Gasteiger partial charge on any atom is -0.393 e. The molecule has 0 aromatic heterocycles. The summed E-state index contributed by atoms with van der Waals surface area (Å²) < 4.78 is 0. The van der Waals surface area contributed by atoms with Crippen LogP contribution in [0.15, 0.2) is 0 Å². The van der Waals surface area contributed by atoms with Gasteiger partial charge in [0.1, 0.15) is 0 Å². The Morgan fingerprint density at radius 1 is 0.913 bits per heavy atom. The summed E-state index contributed by atoms with van der Waals surface area (Å²) in [6.45, 7) is 6.79. The van der Waals surface area contributed by atoms with Crippen LogP contribution in [-0.2, 0) is 0 Å². The molecule has 4 rings (SSSR count). The topological polar surface area (TPSA) is 60.7 Å².